The summed E-state index contributed by atoms with van der Waals surface area (Å²) in [5.74, 6) is -1.04. The maximum Gasteiger partial charge on any atom is 1.00 e. The molecule has 0 radical (unpaired) electrons. The van der Waals surface area contributed by atoms with Crippen molar-refractivity contribution in [1.29, 1.82) is 0 Å². The van der Waals surface area contributed by atoms with E-state index in [1.807, 2.05) is 0 Å². The van der Waals surface area contributed by atoms with Gasteiger partial charge in [0.1, 0.15) is 89.9 Å². The predicted octanol–water partition coefficient (Wildman–Crippen LogP) is -11.1. The molecule has 20 nitrogen and oxygen atoms in total. The molecule has 308 valence electrons. The van der Waals surface area contributed by atoms with E-state index in [9.17, 15) is 51.9 Å². The molecule has 0 atom stereocenters. The van der Waals surface area contributed by atoms with Gasteiger partial charge in [-0.2, -0.15) is 0 Å². The molecule has 0 aromatic heterocycles. The van der Waals surface area contributed by atoms with Crippen molar-refractivity contribution >= 4 is 62.0 Å². The number of ether oxygens (including phenoxy) is 8. The molecule has 0 saturated heterocycles. The van der Waals surface area contributed by atoms with Crippen LogP contribution in [0.4, 0.5) is 0 Å². The molecule has 0 fully saturated rings. The topological polar surface area (TPSA) is 303 Å². The molecule has 1 aliphatic rings. The van der Waals surface area contributed by atoms with Crippen LogP contribution >= 0.6 is 0 Å². The van der Waals surface area contributed by atoms with Crippen LogP contribution in [0.2, 0.25) is 0 Å². The van der Waals surface area contributed by atoms with Gasteiger partial charge in [-0.25, -0.2) is 33.7 Å². The van der Waals surface area contributed by atoms with E-state index in [-0.39, 0.29) is 221 Å². The van der Waals surface area contributed by atoms with Crippen molar-refractivity contribution in [3.05, 3.63) is 48.5 Å². The van der Waals surface area contributed by atoms with Gasteiger partial charge >= 0.3 is 118 Å². The molecular weight excluding hydrogens is 925 g/mol. The largest absolute Gasteiger partial charge is 1.00 e. The molecule has 4 aromatic carbocycles. The molecule has 0 unspecified atom stereocenters. The molecule has 8 bridgehead atoms. The zero-order valence-corrected chi connectivity index (χ0v) is 44.2. The molecule has 4 aromatic rings. The molecule has 28 heteroatoms. The van der Waals surface area contributed by atoms with Crippen LogP contribution < -0.4 is 137 Å². The molecule has 60 heavy (non-hydrogen) atoms. The SMILES string of the molecule is O=S(=O)([O-])c1ccc2c3c(S(=O)(=O)[O-])ccc(c13)OCCOCCOCCOc1ccc(S(=O)(=O)[O-])c3c(ccc(S(=O)(=O)[O-])c13)OCCOCCOCCO2.[Na+].[Na+].[Na+].[Na+]. The van der Waals surface area contributed by atoms with Gasteiger partial charge in [0.15, 0.2) is 0 Å². The number of hydrogen-bond acceptors (Lipinski definition) is 20. The van der Waals surface area contributed by atoms with Gasteiger partial charge in [0.2, 0.25) is 0 Å². The second-order valence-corrected chi connectivity index (χ2v) is 16.8. The van der Waals surface area contributed by atoms with Crippen LogP contribution in [0.25, 0.3) is 21.5 Å². The first-order chi connectivity index (χ1) is 26.4. The van der Waals surface area contributed by atoms with E-state index < -0.39 is 81.6 Å². The monoisotopic (exact) mass is 956 g/mol. The van der Waals surface area contributed by atoms with Crippen molar-refractivity contribution in [2.24, 2.45) is 0 Å². The van der Waals surface area contributed by atoms with Gasteiger partial charge in [0.05, 0.1) is 72.4 Å². The Labute approximate surface area is 434 Å². The standard InChI is InChI=1S/C32H36O20S4.4Na/c33-53(34,35)25-5-1-21-29-26(54(36,37)38)6-2-22(30(25)29)50-18-14-47-11-12-48-16-20-52-24-4-8-27(55(39,40)41)31-23(3-7-28(32(24)31)56(42,43)44)51-19-15-46-10-9-45-13-17-49-21;;;;/h1-8H,9-20H2,(H,33,34,35)(H,36,37,38)(H,39,40,41)(H,42,43,44);;;;/q;4*+1/p-4. The molecular formula is C32H32Na4O20S4. The van der Waals surface area contributed by atoms with E-state index in [2.05, 4.69) is 0 Å². The number of hydrogen-bond donors (Lipinski definition) is 0. The third-order valence-corrected chi connectivity index (χ3v) is 11.3. The van der Waals surface area contributed by atoms with Gasteiger partial charge in [-0.15, -0.1) is 0 Å². The van der Waals surface area contributed by atoms with Crippen molar-refractivity contribution in [3.63, 3.8) is 0 Å². The Bertz CT molecular complexity index is 2170. The van der Waals surface area contributed by atoms with E-state index in [1.165, 1.54) is 0 Å². The summed E-state index contributed by atoms with van der Waals surface area (Å²) in [7, 11) is -20.9. The third-order valence-electron chi connectivity index (χ3n) is 7.78. The van der Waals surface area contributed by atoms with Crippen LogP contribution in [0, 0.1) is 0 Å². The predicted molar refractivity (Wildman–Crippen MR) is 185 cm³/mol. The Hall–Kier alpha value is 0.0800. The fraction of sp³-hybridized carbons (Fsp3) is 0.375. The second-order valence-electron chi connectivity index (χ2n) is 11.4. The van der Waals surface area contributed by atoms with Gasteiger partial charge in [0, 0.05) is 21.5 Å². The first-order valence-corrected chi connectivity index (χ1v) is 21.9. The van der Waals surface area contributed by atoms with E-state index >= 15 is 0 Å². The van der Waals surface area contributed by atoms with Crippen LogP contribution in [0.1, 0.15) is 0 Å². The van der Waals surface area contributed by atoms with E-state index in [0.29, 0.717) is 0 Å². The summed E-state index contributed by atoms with van der Waals surface area (Å²) in [4.78, 5) is -3.45. The summed E-state index contributed by atoms with van der Waals surface area (Å²) in [6.45, 7) is -1.62. The van der Waals surface area contributed by atoms with E-state index in [0.717, 1.165) is 48.5 Å². The van der Waals surface area contributed by atoms with Crippen LogP contribution in [-0.4, -0.2) is 131 Å². The van der Waals surface area contributed by atoms with Crippen LogP contribution in [0.5, 0.6) is 23.0 Å². The average molecular weight is 957 g/mol. The fourth-order valence-corrected chi connectivity index (χ4v) is 8.29. The van der Waals surface area contributed by atoms with Crippen molar-refractivity contribution in [1.82, 2.24) is 0 Å². The summed E-state index contributed by atoms with van der Waals surface area (Å²) in [5.41, 5.74) is 0. The van der Waals surface area contributed by atoms with Crippen LogP contribution in [0.3, 0.4) is 0 Å². The van der Waals surface area contributed by atoms with Gasteiger partial charge in [-0.1, -0.05) is 0 Å². The molecule has 1 heterocycles. The zero-order valence-electron chi connectivity index (χ0n) is 32.9. The van der Waals surface area contributed by atoms with Crippen LogP contribution in [-0.2, 0) is 59.4 Å². The van der Waals surface area contributed by atoms with E-state index in [4.69, 9.17) is 37.9 Å². The Morgan fingerprint density at radius 1 is 0.300 bits per heavy atom. The summed E-state index contributed by atoms with van der Waals surface area (Å²) in [6, 6.07) is 7.66. The minimum atomic E-state index is -5.23. The zero-order chi connectivity index (χ0) is 40.7. The molecule has 0 aliphatic carbocycles. The minimum Gasteiger partial charge on any atom is -0.744 e. The minimum absolute atomic E-state index is 0. The molecule has 5 rings (SSSR count). The van der Waals surface area contributed by atoms with Crippen molar-refractivity contribution < 1.29 is 208 Å². The quantitative estimate of drug-likeness (QED) is 0.135. The van der Waals surface area contributed by atoms with E-state index in [1.54, 1.807) is 0 Å². The summed E-state index contributed by atoms with van der Waals surface area (Å²) >= 11 is 0. The van der Waals surface area contributed by atoms with Crippen LogP contribution in [0.15, 0.2) is 68.1 Å². The third kappa shape index (κ3) is 15.6. The Morgan fingerprint density at radius 2 is 0.467 bits per heavy atom. The second kappa shape index (κ2) is 25.7. The molecule has 0 N–H and O–H groups in total. The number of benzene rings is 4. The summed E-state index contributed by atoms with van der Waals surface area (Å²) < 4.78 is 191. The maximum absolute atomic E-state index is 12.2. The summed E-state index contributed by atoms with van der Waals surface area (Å²) in [6.07, 6.45) is 0. The first-order valence-electron chi connectivity index (χ1n) is 16.2. The molecule has 0 saturated carbocycles. The molecule has 0 amide bonds. The molecule has 1 aliphatic heterocycles. The first kappa shape index (κ1) is 58.1. The summed E-state index contributed by atoms with van der Waals surface area (Å²) in [5, 5.41) is -1.96. The maximum atomic E-state index is 12.2. The normalized spacial score (nSPS) is 15.8. The Kier molecular flexibility index (Phi) is 24.9. The van der Waals surface area contributed by atoms with Gasteiger partial charge < -0.3 is 56.1 Å². The van der Waals surface area contributed by atoms with Crippen molar-refractivity contribution in [2.75, 3.05) is 79.3 Å². The fourth-order valence-electron chi connectivity index (χ4n) is 5.54. The smallest absolute Gasteiger partial charge is 0.744 e. The Balaban J connectivity index is 0.00000450. The molecule has 0 spiro atoms. The Morgan fingerprint density at radius 3 is 0.633 bits per heavy atom. The van der Waals surface area contributed by atoms with Gasteiger partial charge in [0.25, 0.3) is 0 Å². The average Bonchev–Trinajstić information content (AvgIpc) is 3.10. The van der Waals surface area contributed by atoms with Gasteiger partial charge in [-0.3, -0.25) is 0 Å². The number of rotatable bonds is 4. The van der Waals surface area contributed by atoms with Crippen molar-refractivity contribution in [2.45, 2.75) is 19.6 Å². The van der Waals surface area contributed by atoms with Gasteiger partial charge in [-0.05, 0) is 48.5 Å². The van der Waals surface area contributed by atoms with Crippen molar-refractivity contribution in [3.8, 4) is 23.0 Å².